The van der Waals surface area contributed by atoms with Gasteiger partial charge < -0.3 is 15.8 Å². The highest BCUT2D eigenvalue weighted by molar-refractivity contribution is 6.30. The number of nitro groups is 1. The molecule has 9 heteroatoms. The number of nitrogens with two attached hydrogens (primary N) is 1. The summed E-state index contributed by atoms with van der Waals surface area (Å²) in [5.74, 6) is -1.31. The zero-order valence-electron chi connectivity index (χ0n) is 14.1. The van der Waals surface area contributed by atoms with Gasteiger partial charge in [0, 0.05) is 29.3 Å². The number of carbonyl (C=O) groups is 2. The van der Waals surface area contributed by atoms with E-state index in [1.165, 1.54) is 18.2 Å². The number of primary amides is 1. The van der Waals surface area contributed by atoms with Crippen LogP contribution in [0.2, 0.25) is 5.02 Å². The molecule has 140 valence electrons. The Hall–Kier alpha value is -3.39. The fourth-order valence-electron chi connectivity index (χ4n) is 2.11. The Morgan fingerprint density at radius 1 is 1.22 bits per heavy atom. The van der Waals surface area contributed by atoms with E-state index in [1.807, 2.05) is 0 Å². The number of rotatable bonds is 8. The average molecular weight is 390 g/mol. The number of carbonyl (C=O) groups excluding carboxylic acids is 2. The maximum Gasteiger partial charge on any atom is 0.330 e. The first kappa shape index (κ1) is 19.9. The van der Waals surface area contributed by atoms with Gasteiger partial charge in [-0.05, 0) is 35.9 Å². The summed E-state index contributed by atoms with van der Waals surface area (Å²) >= 11 is 5.78. The van der Waals surface area contributed by atoms with Crippen LogP contribution in [0, 0.1) is 10.1 Å². The van der Waals surface area contributed by atoms with Crippen LogP contribution >= 0.6 is 11.6 Å². The van der Waals surface area contributed by atoms with Gasteiger partial charge >= 0.3 is 5.97 Å². The zero-order valence-corrected chi connectivity index (χ0v) is 14.8. The van der Waals surface area contributed by atoms with Gasteiger partial charge in [0.1, 0.15) is 12.3 Å². The number of ether oxygens (including phenoxy) is 1. The summed E-state index contributed by atoms with van der Waals surface area (Å²) in [5.41, 5.74) is 5.84. The van der Waals surface area contributed by atoms with Crippen LogP contribution in [0.15, 0.2) is 48.5 Å². The minimum atomic E-state index is -0.758. The van der Waals surface area contributed by atoms with Crippen LogP contribution in [0.4, 0.5) is 11.4 Å². The minimum absolute atomic E-state index is 0.00147. The first-order valence-electron chi connectivity index (χ1n) is 7.79. The summed E-state index contributed by atoms with van der Waals surface area (Å²) in [7, 11) is 0. The van der Waals surface area contributed by atoms with Crippen molar-refractivity contribution in [3.05, 3.63) is 74.8 Å². The fraction of sp³-hybridized carbons (Fsp3) is 0.111. The van der Waals surface area contributed by atoms with Crippen LogP contribution in [0.1, 0.15) is 15.9 Å². The molecular weight excluding hydrogens is 374 g/mol. The predicted molar refractivity (Wildman–Crippen MR) is 102 cm³/mol. The van der Waals surface area contributed by atoms with Gasteiger partial charge in [-0.3, -0.25) is 14.9 Å². The van der Waals surface area contributed by atoms with Crippen LogP contribution in [0.3, 0.4) is 0 Å². The van der Waals surface area contributed by atoms with Gasteiger partial charge in [-0.1, -0.05) is 23.7 Å². The van der Waals surface area contributed by atoms with Crippen LogP contribution < -0.4 is 11.1 Å². The monoisotopic (exact) mass is 389 g/mol. The Morgan fingerprint density at radius 2 is 1.93 bits per heavy atom. The van der Waals surface area contributed by atoms with Crippen molar-refractivity contribution in [2.75, 3.05) is 18.5 Å². The molecule has 0 saturated heterocycles. The van der Waals surface area contributed by atoms with Crippen molar-refractivity contribution in [2.45, 2.75) is 0 Å². The van der Waals surface area contributed by atoms with Crippen LogP contribution in [0.5, 0.6) is 0 Å². The first-order chi connectivity index (χ1) is 12.9. The molecule has 0 atom stereocenters. The molecule has 0 spiro atoms. The summed E-state index contributed by atoms with van der Waals surface area (Å²) in [6, 6.07) is 10.7. The Morgan fingerprint density at radius 3 is 2.56 bits per heavy atom. The lowest BCUT2D eigenvalue weighted by Crippen LogP contribution is -2.14. The molecule has 8 nitrogen and oxygen atoms in total. The SMILES string of the molecule is NC(=O)c1ccc(NCCOC(=O)C=Cc2ccc(Cl)cc2)c([N+](=O)[O-])c1. The largest absolute Gasteiger partial charge is 0.461 e. The zero-order chi connectivity index (χ0) is 19.8. The number of amides is 1. The lowest BCUT2D eigenvalue weighted by Gasteiger charge is -2.08. The topological polar surface area (TPSA) is 125 Å². The third kappa shape index (κ3) is 6.12. The number of hydrogen-bond acceptors (Lipinski definition) is 6. The molecule has 0 bridgehead atoms. The highest BCUT2D eigenvalue weighted by Crippen LogP contribution is 2.25. The number of hydrogen-bond donors (Lipinski definition) is 2. The van der Waals surface area contributed by atoms with E-state index in [2.05, 4.69) is 5.32 Å². The molecule has 0 heterocycles. The fourth-order valence-corrected chi connectivity index (χ4v) is 2.24. The second kappa shape index (κ2) is 9.35. The third-order valence-corrected chi connectivity index (χ3v) is 3.67. The van der Waals surface area contributed by atoms with Gasteiger partial charge in [0.25, 0.3) is 5.69 Å². The van der Waals surface area contributed by atoms with Gasteiger partial charge in [-0.25, -0.2) is 4.79 Å². The summed E-state index contributed by atoms with van der Waals surface area (Å²) in [4.78, 5) is 33.2. The molecule has 0 aromatic heterocycles. The van der Waals surface area contributed by atoms with Gasteiger partial charge in [-0.15, -0.1) is 0 Å². The molecular formula is C18H16ClN3O5. The summed E-state index contributed by atoms with van der Waals surface area (Å²) in [6.07, 6.45) is 2.85. The van der Waals surface area contributed by atoms with Crippen LogP contribution in [-0.2, 0) is 9.53 Å². The number of halogens is 1. The molecule has 0 fully saturated rings. The standard InChI is InChI=1S/C18H16ClN3O5/c19-14-5-1-12(2-6-14)3-8-17(23)27-10-9-21-15-7-4-13(18(20)24)11-16(15)22(25)26/h1-8,11,21H,9-10H2,(H2,20,24). The van der Waals surface area contributed by atoms with E-state index < -0.39 is 16.8 Å². The molecule has 1 amide bonds. The Labute approximate surface area is 159 Å². The summed E-state index contributed by atoms with van der Waals surface area (Å²) < 4.78 is 5.01. The Kier molecular flexibility index (Phi) is 6.90. The van der Waals surface area contributed by atoms with E-state index in [4.69, 9.17) is 22.1 Å². The maximum absolute atomic E-state index is 11.7. The van der Waals surface area contributed by atoms with E-state index in [9.17, 15) is 19.7 Å². The highest BCUT2D eigenvalue weighted by atomic mass is 35.5. The van der Waals surface area contributed by atoms with Crippen LogP contribution in [-0.4, -0.2) is 30.0 Å². The summed E-state index contributed by atoms with van der Waals surface area (Å²) in [6.45, 7) is 0.149. The quantitative estimate of drug-likeness (QED) is 0.235. The number of benzene rings is 2. The molecule has 0 aliphatic carbocycles. The van der Waals surface area contributed by atoms with Crippen molar-refractivity contribution in [1.29, 1.82) is 0 Å². The van der Waals surface area contributed by atoms with Crippen molar-refractivity contribution < 1.29 is 19.2 Å². The Balaban J connectivity index is 1.85. The second-order valence-corrected chi connectivity index (χ2v) is 5.77. The lowest BCUT2D eigenvalue weighted by molar-refractivity contribution is -0.384. The van der Waals surface area contributed by atoms with Crippen molar-refractivity contribution in [2.24, 2.45) is 5.73 Å². The van der Waals surface area contributed by atoms with Crippen molar-refractivity contribution in [3.8, 4) is 0 Å². The van der Waals surface area contributed by atoms with E-state index in [-0.39, 0.29) is 30.1 Å². The normalized spacial score (nSPS) is 10.6. The van der Waals surface area contributed by atoms with Gasteiger partial charge in [-0.2, -0.15) is 0 Å². The number of nitrogens with one attached hydrogen (secondary N) is 1. The van der Waals surface area contributed by atoms with Crippen molar-refractivity contribution >= 4 is 40.9 Å². The smallest absolute Gasteiger partial charge is 0.330 e. The average Bonchev–Trinajstić information content (AvgIpc) is 2.64. The molecule has 0 aliphatic rings. The molecule has 2 aromatic carbocycles. The molecule has 0 unspecified atom stereocenters. The molecule has 3 N–H and O–H groups in total. The minimum Gasteiger partial charge on any atom is -0.461 e. The van der Waals surface area contributed by atoms with E-state index in [0.717, 1.165) is 11.6 Å². The molecule has 2 aromatic rings. The van der Waals surface area contributed by atoms with E-state index in [1.54, 1.807) is 30.3 Å². The van der Waals surface area contributed by atoms with Crippen molar-refractivity contribution in [1.82, 2.24) is 0 Å². The molecule has 27 heavy (non-hydrogen) atoms. The Bertz CT molecular complexity index is 881. The second-order valence-electron chi connectivity index (χ2n) is 5.33. The van der Waals surface area contributed by atoms with E-state index >= 15 is 0 Å². The number of anilines is 1. The highest BCUT2D eigenvalue weighted by Gasteiger charge is 2.16. The first-order valence-corrected chi connectivity index (χ1v) is 8.17. The molecule has 0 saturated carbocycles. The van der Waals surface area contributed by atoms with E-state index in [0.29, 0.717) is 5.02 Å². The van der Waals surface area contributed by atoms with Crippen molar-refractivity contribution in [3.63, 3.8) is 0 Å². The molecule has 0 aliphatic heterocycles. The third-order valence-electron chi connectivity index (χ3n) is 3.42. The molecule has 0 radical (unpaired) electrons. The molecule has 2 rings (SSSR count). The number of nitro benzene ring substituents is 1. The predicted octanol–water partition coefficient (Wildman–Crippen LogP) is 3.02. The van der Waals surface area contributed by atoms with Gasteiger partial charge in [0.2, 0.25) is 5.91 Å². The van der Waals surface area contributed by atoms with Gasteiger partial charge in [0.15, 0.2) is 0 Å². The van der Waals surface area contributed by atoms with Crippen LogP contribution in [0.25, 0.3) is 6.08 Å². The summed E-state index contributed by atoms with van der Waals surface area (Å²) in [5, 5.41) is 14.5. The number of esters is 1. The van der Waals surface area contributed by atoms with Gasteiger partial charge in [0.05, 0.1) is 4.92 Å². The number of nitrogens with zero attached hydrogens (tertiary/aromatic N) is 1. The maximum atomic E-state index is 11.7. The lowest BCUT2D eigenvalue weighted by atomic mass is 10.1.